The Hall–Kier alpha value is -0.480. The van der Waals surface area contributed by atoms with Gasteiger partial charge in [-0.3, -0.25) is 4.99 Å². The van der Waals surface area contributed by atoms with Crippen molar-refractivity contribution in [1.82, 2.24) is 5.32 Å². The molecule has 0 amide bonds. The van der Waals surface area contributed by atoms with E-state index >= 15 is 0 Å². The summed E-state index contributed by atoms with van der Waals surface area (Å²) in [7, 11) is 0. The highest BCUT2D eigenvalue weighted by molar-refractivity contribution is 8.13. The molecule has 3 atom stereocenters. The maximum absolute atomic E-state index is 4.98. The Morgan fingerprint density at radius 2 is 2.10 bits per heavy atom. The summed E-state index contributed by atoms with van der Waals surface area (Å²) in [5.74, 6) is 2.09. The zero-order valence-electron chi connectivity index (χ0n) is 12.6. The predicted octanol–water partition coefficient (Wildman–Crippen LogP) is 4.68. The highest BCUT2D eigenvalue weighted by Gasteiger charge is 2.29. The van der Waals surface area contributed by atoms with Gasteiger partial charge in [0.1, 0.15) is 0 Å². The number of rotatable bonds is 2. The zero-order chi connectivity index (χ0) is 14.1. The molecular weight excluding hydrogens is 284 g/mol. The molecule has 2 aliphatic rings. The minimum atomic E-state index is 0.367. The van der Waals surface area contributed by atoms with Gasteiger partial charge in [-0.25, -0.2) is 0 Å². The van der Waals surface area contributed by atoms with Crippen LogP contribution < -0.4 is 5.32 Å². The van der Waals surface area contributed by atoms with Crippen LogP contribution in [0.3, 0.4) is 0 Å². The number of aryl methyl sites for hydroxylation is 2. The number of amidine groups is 1. The minimum Gasteiger partial charge on any atom is -0.358 e. The molecule has 1 aromatic rings. The Morgan fingerprint density at radius 3 is 2.85 bits per heavy atom. The first-order chi connectivity index (χ1) is 9.63. The molecule has 1 N–H and O–H groups in total. The molecule has 20 heavy (non-hydrogen) atoms. The first-order valence-corrected chi connectivity index (χ1v) is 9.48. The van der Waals surface area contributed by atoms with Gasteiger partial charge in [0, 0.05) is 15.5 Å². The first-order valence-electron chi connectivity index (χ1n) is 7.67. The molecule has 1 aliphatic carbocycles. The number of nitrogens with one attached hydrogen (secondary N) is 1. The van der Waals surface area contributed by atoms with Crippen LogP contribution in [0.1, 0.15) is 54.0 Å². The van der Waals surface area contributed by atoms with Gasteiger partial charge in [-0.05, 0) is 51.2 Å². The number of fused-ring (bicyclic) bond motifs is 1. The summed E-state index contributed by atoms with van der Waals surface area (Å²) < 4.78 is 0. The first kappa shape index (κ1) is 14.5. The van der Waals surface area contributed by atoms with Crippen molar-refractivity contribution < 1.29 is 0 Å². The van der Waals surface area contributed by atoms with Gasteiger partial charge in [-0.1, -0.05) is 24.6 Å². The van der Waals surface area contributed by atoms with E-state index in [1.54, 1.807) is 0 Å². The lowest BCUT2D eigenvalue weighted by Crippen LogP contribution is -2.35. The molecule has 0 spiro atoms. The molecule has 0 radical (unpaired) electrons. The normalized spacial score (nSPS) is 27.6. The van der Waals surface area contributed by atoms with Crippen molar-refractivity contribution in [2.45, 2.75) is 58.5 Å². The van der Waals surface area contributed by atoms with E-state index < -0.39 is 0 Å². The van der Waals surface area contributed by atoms with E-state index in [0.717, 1.165) is 5.92 Å². The van der Waals surface area contributed by atoms with Crippen molar-refractivity contribution in [2.24, 2.45) is 10.9 Å². The third-order valence-electron chi connectivity index (χ3n) is 4.47. The second-order valence-electron chi connectivity index (χ2n) is 6.09. The number of hydrogen-bond donors (Lipinski definition) is 1. The van der Waals surface area contributed by atoms with E-state index in [1.165, 1.54) is 51.9 Å². The average Bonchev–Trinajstić information content (AvgIpc) is 2.78. The standard InChI is InChI=1S/C16H24N2S2/c1-10-8-14(12(3)20-10)11(2)17-16-18-15-7-5-4-6-13(15)9-19-16/h8,11,13,15H,4-7,9H2,1-3H3,(H,17,18). The molecule has 1 fully saturated rings. The number of thioether (sulfide) groups is 1. The Morgan fingerprint density at radius 1 is 1.30 bits per heavy atom. The fraction of sp³-hybridized carbons (Fsp3) is 0.688. The van der Waals surface area contributed by atoms with Crippen LogP contribution in [0.5, 0.6) is 0 Å². The molecule has 1 aliphatic heterocycles. The van der Waals surface area contributed by atoms with E-state index in [9.17, 15) is 0 Å². The molecule has 2 heterocycles. The van der Waals surface area contributed by atoms with Gasteiger partial charge in [0.05, 0.1) is 12.1 Å². The predicted molar refractivity (Wildman–Crippen MR) is 91.0 cm³/mol. The van der Waals surface area contributed by atoms with Gasteiger partial charge in [-0.15, -0.1) is 11.3 Å². The van der Waals surface area contributed by atoms with E-state index in [0.29, 0.717) is 12.1 Å². The highest BCUT2D eigenvalue weighted by atomic mass is 32.2. The van der Waals surface area contributed by atoms with Crippen LogP contribution in [0.4, 0.5) is 0 Å². The molecule has 3 rings (SSSR count). The lowest BCUT2D eigenvalue weighted by atomic mass is 9.86. The third kappa shape index (κ3) is 3.06. The molecular formula is C16H24N2S2. The topological polar surface area (TPSA) is 24.4 Å². The van der Waals surface area contributed by atoms with Gasteiger partial charge >= 0.3 is 0 Å². The number of thiophene rings is 1. The highest BCUT2D eigenvalue weighted by Crippen LogP contribution is 2.34. The molecule has 110 valence electrons. The molecule has 3 unspecified atom stereocenters. The van der Waals surface area contributed by atoms with Crippen molar-refractivity contribution in [3.05, 3.63) is 21.4 Å². The van der Waals surface area contributed by atoms with Crippen molar-refractivity contribution in [3.8, 4) is 0 Å². The summed E-state index contributed by atoms with van der Waals surface area (Å²) in [6.45, 7) is 6.66. The Labute approximate surface area is 130 Å². The maximum atomic E-state index is 4.98. The minimum absolute atomic E-state index is 0.367. The number of nitrogens with zero attached hydrogens (tertiary/aromatic N) is 1. The summed E-state index contributed by atoms with van der Waals surface area (Å²) in [4.78, 5) is 7.81. The van der Waals surface area contributed by atoms with Crippen molar-refractivity contribution in [1.29, 1.82) is 0 Å². The third-order valence-corrected chi connectivity index (χ3v) is 6.55. The van der Waals surface area contributed by atoms with Crippen molar-refractivity contribution >= 4 is 28.3 Å². The Kier molecular flexibility index (Phi) is 4.41. The number of aliphatic imine (C=N–C) groups is 1. The second kappa shape index (κ2) is 6.10. The Bertz CT molecular complexity index is 507. The fourth-order valence-electron chi connectivity index (χ4n) is 3.35. The zero-order valence-corrected chi connectivity index (χ0v) is 14.2. The van der Waals surface area contributed by atoms with Gasteiger partial charge < -0.3 is 5.32 Å². The van der Waals surface area contributed by atoms with Crippen LogP contribution in [0.2, 0.25) is 0 Å². The molecule has 4 heteroatoms. The van der Waals surface area contributed by atoms with Gasteiger partial charge in [0.2, 0.25) is 0 Å². The molecule has 0 saturated heterocycles. The van der Waals surface area contributed by atoms with Crippen LogP contribution in [0.15, 0.2) is 11.1 Å². The molecule has 1 saturated carbocycles. The van der Waals surface area contributed by atoms with E-state index in [4.69, 9.17) is 4.99 Å². The van der Waals surface area contributed by atoms with Crippen LogP contribution in [0.25, 0.3) is 0 Å². The Balaban J connectivity index is 1.68. The van der Waals surface area contributed by atoms with Crippen molar-refractivity contribution in [2.75, 3.05) is 5.75 Å². The summed E-state index contributed by atoms with van der Waals surface area (Å²) in [5, 5.41) is 4.81. The molecule has 2 nitrogen and oxygen atoms in total. The van der Waals surface area contributed by atoms with Crippen LogP contribution in [-0.2, 0) is 0 Å². The largest absolute Gasteiger partial charge is 0.358 e. The lowest BCUT2D eigenvalue weighted by Gasteiger charge is -2.33. The SMILES string of the molecule is Cc1cc(C(C)NC2=NC3CCCCC3CS2)c(C)s1. The summed E-state index contributed by atoms with van der Waals surface area (Å²) in [6.07, 6.45) is 5.44. The van der Waals surface area contributed by atoms with Crippen LogP contribution >= 0.6 is 23.1 Å². The molecule has 0 bridgehead atoms. The summed E-state index contributed by atoms with van der Waals surface area (Å²) >= 11 is 3.82. The quantitative estimate of drug-likeness (QED) is 0.858. The number of hydrogen-bond acceptors (Lipinski definition) is 4. The average molecular weight is 309 g/mol. The summed E-state index contributed by atoms with van der Waals surface area (Å²) in [5.41, 5.74) is 1.43. The van der Waals surface area contributed by atoms with Crippen LogP contribution in [0, 0.1) is 19.8 Å². The van der Waals surface area contributed by atoms with Crippen LogP contribution in [-0.4, -0.2) is 17.0 Å². The van der Waals surface area contributed by atoms with Gasteiger partial charge in [0.15, 0.2) is 5.17 Å². The smallest absolute Gasteiger partial charge is 0.157 e. The van der Waals surface area contributed by atoms with E-state index in [-0.39, 0.29) is 0 Å². The second-order valence-corrected chi connectivity index (χ2v) is 8.56. The monoisotopic (exact) mass is 308 g/mol. The molecule has 0 aromatic carbocycles. The fourth-order valence-corrected chi connectivity index (χ4v) is 5.60. The van der Waals surface area contributed by atoms with Crippen molar-refractivity contribution in [3.63, 3.8) is 0 Å². The van der Waals surface area contributed by atoms with E-state index in [1.807, 2.05) is 23.1 Å². The molecule has 1 aromatic heterocycles. The maximum Gasteiger partial charge on any atom is 0.157 e. The van der Waals surface area contributed by atoms with E-state index in [2.05, 4.69) is 32.2 Å². The van der Waals surface area contributed by atoms with Gasteiger partial charge in [-0.2, -0.15) is 0 Å². The lowest BCUT2D eigenvalue weighted by molar-refractivity contribution is 0.335. The van der Waals surface area contributed by atoms with Gasteiger partial charge in [0.25, 0.3) is 0 Å². The summed E-state index contributed by atoms with van der Waals surface area (Å²) in [6, 6.07) is 3.27.